The summed E-state index contributed by atoms with van der Waals surface area (Å²) in [6.45, 7) is 4.07. The molecule has 0 aliphatic carbocycles. The lowest BCUT2D eigenvalue weighted by Gasteiger charge is -2.21. The number of hydrogen-bond donors (Lipinski definition) is 1. The molecule has 1 aromatic heterocycles. The number of hydrogen-bond acceptors (Lipinski definition) is 5. The van der Waals surface area contributed by atoms with Crippen LogP contribution >= 0.6 is 0 Å². The predicted octanol–water partition coefficient (Wildman–Crippen LogP) is 4.97. The number of ether oxygens (including phenoxy) is 1. The molecule has 8 heteroatoms. The van der Waals surface area contributed by atoms with Gasteiger partial charge in [0.25, 0.3) is 5.91 Å². The Hall–Kier alpha value is -3.62. The van der Waals surface area contributed by atoms with Crippen molar-refractivity contribution in [3.8, 4) is 5.75 Å². The molecule has 3 aromatic carbocycles. The van der Waals surface area contributed by atoms with E-state index in [0.29, 0.717) is 5.76 Å². The monoisotopic (exact) mass is 492 g/mol. The zero-order chi connectivity index (χ0) is 25.0. The van der Waals surface area contributed by atoms with Crippen LogP contribution in [0.1, 0.15) is 35.7 Å². The fourth-order valence-corrected chi connectivity index (χ4v) is 4.85. The third-order valence-electron chi connectivity index (χ3n) is 5.77. The third kappa shape index (κ3) is 5.72. The van der Waals surface area contributed by atoms with Gasteiger partial charge in [-0.3, -0.25) is 4.79 Å². The number of nitrogens with one attached hydrogen (secondary N) is 1. The van der Waals surface area contributed by atoms with Crippen LogP contribution in [-0.4, -0.2) is 31.7 Å². The van der Waals surface area contributed by atoms with E-state index in [1.807, 2.05) is 56.3 Å². The molecule has 7 nitrogen and oxygen atoms in total. The summed E-state index contributed by atoms with van der Waals surface area (Å²) in [5.41, 5.74) is 0.774. The van der Waals surface area contributed by atoms with E-state index in [2.05, 4.69) is 5.32 Å². The first-order valence-corrected chi connectivity index (χ1v) is 12.7. The maximum Gasteiger partial charge on any atom is 0.287 e. The lowest BCUT2D eigenvalue weighted by molar-refractivity contribution is 0.0919. The van der Waals surface area contributed by atoms with Gasteiger partial charge in [-0.05, 0) is 66.6 Å². The first kappa shape index (κ1) is 24.5. The summed E-state index contributed by atoms with van der Waals surface area (Å²) < 4.78 is 37.9. The number of benzene rings is 3. The normalized spacial score (nSPS) is 11.8. The molecule has 0 radical (unpaired) electrons. The Morgan fingerprint density at radius 1 is 0.971 bits per heavy atom. The second kappa shape index (κ2) is 10.3. The second-order valence-electron chi connectivity index (χ2n) is 8.51. The first-order chi connectivity index (χ1) is 16.7. The van der Waals surface area contributed by atoms with Gasteiger partial charge in [0, 0.05) is 19.6 Å². The van der Waals surface area contributed by atoms with Gasteiger partial charge in [0.05, 0.1) is 4.90 Å². The van der Waals surface area contributed by atoms with E-state index in [4.69, 9.17) is 9.15 Å². The molecule has 0 aliphatic heterocycles. The van der Waals surface area contributed by atoms with Crippen molar-refractivity contribution in [2.24, 2.45) is 0 Å². The number of sulfonamides is 1. The van der Waals surface area contributed by atoms with Gasteiger partial charge < -0.3 is 14.5 Å². The smallest absolute Gasteiger partial charge is 0.287 e. The van der Waals surface area contributed by atoms with E-state index < -0.39 is 10.0 Å². The summed E-state index contributed by atoms with van der Waals surface area (Å²) in [7, 11) is -1.99. The van der Waals surface area contributed by atoms with Crippen LogP contribution in [0.25, 0.3) is 10.8 Å². The van der Waals surface area contributed by atoms with Gasteiger partial charge in [-0.1, -0.05) is 42.5 Å². The molecule has 182 valence electrons. The minimum Gasteiger partial charge on any atom is -0.486 e. The number of rotatable bonds is 9. The van der Waals surface area contributed by atoms with Crippen molar-refractivity contribution < 1.29 is 22.4 Å². The lowest BCUT2D eigenvalue weighted by atomic mass is 10.1. The van der Waals surface area contributed by atoms with Crippen LogP contribution in [0.2, 0.25) is 0 Å². The summed E-state index contributed by atoms with van der Waals surface area (Å²) in [6.07, 6.45) is 0. The highest BCUT2D eigenvalue weighted by atomic mass is 32.2. The molecule has 1 N–H and O–H groups in total. The maximum absolute atomic E-state index is 12.6. The number of carbonyl (C=O) groups excluding carboxylic acids is 1. The molecular formula is C27H28N2O5S. The van der Waals surface area contributed by atoms with E-state index >= 15 is 0 Å². The molecule has 1 amide bonds. The van der Waals surface area contributed by atoms with Gasteiger partial charge in [-0.25, -0.2) is 8.42 Å². The van der Waals surface area contributed by atoms with Gasteiger partial charge in [0.2, 0.25) is 10.0 Å². The molecule has 0 bridgehead atoms. The Morgan fingerprint density at radius 3 is 2.40 bits per heavy atom. The molecule has 0 unspecified atom stereocenters. The Labute approximate surface area is 205 Å². The average molecular weight is 493 g/mol. The van der Waals surface area contributed by atoms with Crippen molar-refractivity contribution in [1.82, 2.24) is 9.62 Å². The summed E-state index contributed by atoms with van der Waals surface area (Å²) in [5.74, 6) is 1.07. The summed E-state index contributed by atoms with van der Waals surface area (Å²) >= 11 is 0. The number of nitrogens with zero attached hydrogens (tertiary/aromatic N) is 1. The molecule has 0 atom stereocenters. The van der Waals surface area contributed by atoms with Crippen LogP contribution in [0.5, 0.6) is 5.75 Å². The minimum absolute atomic E-state index is 0.143. The SMILES string of the molecule is CC(C)N(C)S(=O)(=O)c1ccc(CNC(=O)c2ccc(COc3ccc4ccccc4c3)o2)cc1. The van der Waals surface area contributed by atoms with Crippen LogP contribution in [0.4, 0.5) is 0 Å². The van der Waals surface area contributed by atoms with Crippen LogP contribution in [0.3, 0.4) is 0 Å². The molecule has 4 aromatic rings. The van der Waals surface area contributed by atoms with Crippen LogP contribution in [0, 0.1) is 0 Å². The Morgan fingerprint density at radius 2 is 1.69 bits per heavy atom. The fraction of sp³-hybridized carbons (Fsp3) is 0.222. The lowest BCUT2D eigenvalue weighted by Crippen LogP contribution is -2.33. The largest absolute Gasteiger partial charge is 0.486 e. The van der Waals surface area contributed by atoms with E-state index in [1.54, 1.807) is 43.4 Å². The van der Waals surface area contributed by atoms with Crippen LogP contribution < -0.4 is 10.1 Å². The molecule has 0 saturated carbocycles. The van der Waals surface area contributed by atoms with Gasteiger partial charge in [0.15, 0.2) is 5.76 Å². The molecule has 0 aliphatic rings. The quantitative estimate of drug-likeness (QED) is 0.356. The Balaban J connectivity index is 1.31. The number of amides is 1. The van der Waals surface area contributed by atoms with E-state index in [9.17, 15) is 13.2 Å². The number of fused-ring (bicyclic) bond motifs is 1. The molecule has 1 heterocycles. The van der Waals surface area contributed by atoms with Gasteiger partial charge in [-0.15, -0.1) is 0 Å². The zero-order valence-corrected chi connectivity index (χ0v) is 20.7. The third-order valence-corrected chi connectivity index (χ3v) is 7.82. The summed E-state index contributed by atoms with van der Waals surface area (Å²) in [4.78, 5) is 12.7. The van der Waals surface area contributed by atoms with E-state index in [0.717, 1.165) is 22.1 Å². The average Bonchev–Trinajstić information content (AvgIpc) is 3.35. The standard InChI is InChI=1S/C27H28N2O5S/c1-19(2)29(3)35(31,32)25-13-8-20(9-14-25)17-28-27(30)26-15-12-24(34-26)18-33-23-11-10-21-6-4-5-7-22(21)16-23/h4-16,19H,17-18H2,1-3H3,(H,28,30). The van der Waals surface area contributed by atoms with Gasteiger partial charge in [0.1, 0.15) is 18.1 Å². The van der Waals surface area contributed by atoms with Crippen molar-refractivity contribution in [2.75, 3.05) is 7.05 Å². The second-order valence-corrected chi connectivity index (χ2v) is 10.5. The van der Waals surface area contributed by atoms with Crippen molar-refractivity contribution >= 4 is 26.7 Å². The molecule has 0 spiro atoms. The maximum atomic E-state index is 12.6. The highest BCUT2D eigenvalue weighted by Gasteiger charge is 2.22. The van der Waals surface area contributed by atoms with Crippen molar-refractivity contribution in [2.45, 2.75) is 37.9 Å². The fourth-order valence-electron chi connectivity index (χ4n) is 3.48. The van der Waals surface area contributed by atoms with Crippen molar-refractivity contribution in [3.63, 3.8) is 0 Å². The van der Waals surface area contributed by atoms with Gasteiger partial charge in [-0.2, -0.15) is 4.31 Å². The minimum atomic E-state index is -3.54. The van der Waals surface area contributed by atoms with Crippen LogP contribution in [0.15, 0.2) is 88.2 Å². The summed E-state index contributed by atoms with van der Waals surface area (Å²) in [6, 6.07) is 23.5. The van der Waals surface area contributed by atoms with Crippen molar-refractivity contribution in [1.29, 1.82) is 0 Å². The molecule has 0 fully saturated rings. The first-order valence-electron chi connectivity index (χ1n) is 11.3. The van der Waals surface area contributed by atoms with Crippen LogP contribution in [-0.2, 0) is 23.2 Å². The number of furan rings is 1. The Bertz CT molecular complexity index is 1430. The highest BCUT2D eigenvalue weighted by molar-refractivity contribution is 7.89. The topological polar surface area (TPSA) is 88.9 Å². The number of carbonyl (C=O) groups is 1. The van der Waals surface area contributed by atoms with E-state index in [-0.39, 0.29) is 35.8 Å². The van der Waals surface area contributed by atoms with Gasteiger partial charge >= 0.3 is 0 Å². The molecule has 0 saturated heterocycles. The molecule has 35 heavy (non-hydrogen) atoms. The zero-order valence-electron chi connectivity index (χ0n) is 19.9. The summed E-state index contributed by atoms with van der Waals surface area (Å²) in [5, 5.41) is 5.01. The highest BCUT2D eigenvalue weighted by Crippen LogP contribution is 2.22. The predicted molar refractivity (Wildman–Crippen MR) is 135 cm³/mol. The Kier molecular flexibility index (Phi) is 7.23. The molecular weight excluding hydrogens is 464 g/mol. The van der Waals surface area contributed by atoms with E-state index in [1.165, 1.54) is 4.31 Å². The molecule has 4 rings (SSSR count). The van der Waals surface area contributed by atoms with Crippen molar-refractivity contribution in [3.05, 3.63) is 95.9 Å².